The lowest BCUT2D eigenvalue weighted by molar-refractivity contribution is -0.137. The van der Waals surface area contributed by atoms with Crippen molar-refractivity contribution in [1.82, 2.24) is 0 Å². The molecule has 0 radical (unpaired) electrons. The van der Waals surface area contributed by atoms with Gasteiger partial charge >= 0.3 is 6.18 Å². The molecule has 0 bridgehead atoms. The van der Waals surface area contributed by atoms with Crippen LogP contribution in [0, 0.1) is 11.3 Å². The third-order valence-corrected chi connectivity index (χ3v) is 2.43. The molecule has 0 amide bonds. The number of halogens is 3. The predicted molar refractivity (Wildman–Crippen MR) is 55.5 cm³/mol. The zero-order chi connectivity index (χ0) is 13.2. The number of aryl methyl sites for hydroxylation is 1. The molecule has 0 N–H and O–H groups in total. The van der Waals surface area contributed by atoms with E-state index in [0.717, 1.165) is 12.1 Å². The maximum atomic E-state index is 12.6. The molecule has 0 aliphatic rings. The molecule has 1 aromatic carbocycles. The highest BCUT2D eigenvalue weighted by molar-refractivity contribution is 5.96. The Hall–Kier alpha value is -1.83. The van der Waals surface area contributed by atoms with Gasteiger partial charge in [-0.1, -0.05) is 6.92 Å². The average Bonchev–Trinajstić information content (AvgIpc) is 2.25. The quantitative estimate of drug-likeness (QED) is 0.745. The Labute approximate surface area is 96.7 Å². The van der Waals surface area contributed by atoms with Crippen molar-refractivity contribution in [2.45, 2.75) is 26.4 Å². The number of carbonyl (C=O) groups excluding carboxylic acids is 1. The first-order chi connectivity index (χ1) is 7.81. The zero-order valence-electron chi connectivity index (χ0n) is 9.35. The molecule has 1 aromatic rings. The molecule has 5 heteroatoms. The summed E-state index contributed by atoms with van der Waals surface area (Å²) in [6, 6.07) is 3.38. The Morgan fingerprint density at radius 3 is 2.35 bits per heavy atom. The molecule has 0 saturated heterocycles. The molecular weight excluding hydrogens is 231 g/mol. The number of ketones is 1. The van der Waals surface area contributed by atoms with Crippen LogP contribution in [0.2, 0.25) is 0 Å². The van der Waals surface area contributed by atoms with Crippen molar-refractivity contribution in [3.63, 3.8) is 0 Å². The number of hydrogen-bond donors (Lipinski definition) is 0. The van der Waals surface area contributed by atoms with E-state index < -0.39 is 17.3 Å². The van der Waals surface area contributed by atoms with Crippen molar-refractivity contribution in [2.75, 3.05) is 0 Å². The third kappa shape index (κ3) is 2.64. The van der Waals surface area contributed by atoms with E-state index >= 15 is 0 Å². The summed E-state index contributed by atoms with van der Waals surface area (Å²) in [4.78, 5) is 11.3. The van der Waals surface area contributed by atoms with Crippen molar-refractivity contribution < 1.29 is 18.0 Å². The van der Waals surface area contributed by atoms with Gasteiger partial charge in [0.2, 0.25) is 0 Å². The van der Waals surface area contributed by atoms with Gasteiger partial charge in [0.25, 0.3) is 0 Å². The normalized spacial score (nSPS) is 11.1. The molecule has 0 spiro atoms. The Bertz CT molecular complexity index is 498. The second kappa shape index (κ2) is 4.58. The van der Waals surface area contributed by atoms with E-state index in [1.54, 1.807) is 6.92 Å². The first-order valence-electron chi connectivity index (χ1n) is 4.96. The number of carbonyl (C=O) groups is 1. The largest absolute Gasteiger partial charge is 0.417 e. The monoisotopic (exact) mass is 241 g/mol. The molecule has 0 saturated carbocycles. The topological polar surface area (TPSA) is 40.9 Å². The summed E-state index contributed by atoms with van der Waals surface area (Å²) in [5.74, 6) is -0.341. The lowest BCUT2D eigenvalue weighted by atomic mass is 9.95. The number of alkyl halides is 3. The third-order valence-electron chi connectivity index (χ3n) is 2.43. The molecule has 1 rings (SSSR count). The number of benzene rings is 1. The van der Waals surface area contributed by atoms with Crippen molar-refractivity contribution in [3.8, 4) is 6.07 Å². The molecule has 0 fully saturated rings. The number of hydrogen-bond acceptors (Lipinski definition) is 2. The van der Waals surface area contributed by atoms with E-state index in [1.807, 2.05) is 0 Å². The van der Waals surface area contributed by atoms with Gasteiger partial charge in [0.15, 0.2) is 5.78 Å². The Kier molecular flexibility index (Phi) is 3.56. The summed E-state index contributed by atoms with van der Waals surface area (Å²) < 4.78 is 37.9. The van der Waals surface area contributed by atoms with Crippen LogP contribution >= 0.6 is 0 Å². The first-order valence-corrected chi connectivity index (χ1v) is 4.96. The SMILES string of the molecule is CCc1cc(C(F)(F)F)c(C#N)cc1C(C)=O. The first kappa shape index (κ1) is 13.2. The van der Waals surface area contributed by atoms with Gasteiger partial charge in [-0.2, -0.15) is 18.4 Å². The van der Waals surface area contributed by atoms with Crippen LogP contribution in [0.15, 0.2) is 12.1 Å². The Morgan fingerprint density at radius 1 is 1.41 bits per heavy atom. The molecule has 0 aliphatic heterocycles. The Balaban J connectivity index is 3.56. The maximum absolute atomic E-state index is 12.6. The number of nitrogens with zero attached hydrogens (tertiary/aromatic N) is 1. The van der Waals surface area contributed by atoms with Crippen molar-refractivity contribution in [3.05, 3.63) is 34.4 Å². The van der Waals surface area contributed by atoms with E-state index in [0.29, 0.717) is 12.0 Å². The van der Waals surface area contributed by atoms with Crippen LogP contribution in [0.5, 0.6) is 0 Å². The molecule has 0 atom stereocenters. The number of Topliss-reactive ketones (excluding diaryl/α,β-unsaturated/α-hetero) is 1. The van der Waals surface area contributed by atoms with Crippen LogP contribution in [0.3, 0.4) is 0 Å². The van der Waals surface area contributed by atoms with Gasteiger partial charge in [0, 0.05) is 5.56 Å². The molecule has 90 valence electrons. The summed E-state index contributed by atoms with van der Waals surface area (Å²) in [6.07, 6.45) is -4.27. The van der Waals surface area contributed by atoms with E-state index in [2.05, 4.69) is 0 Å². The molecule has 17 heavy (non-hydrogen) atoms. The van der Waals surface area contributed by atoms with Crippen molar-refractivity contribution in [1.29, 1.82) is 5.26 Å². The van der Waals surface area contributed by atoms with Crippen LogP contribution < -0.4 is 0 Å². The van der Waals surface area contributed by atoms with Gasteiger partial charge < -0.3 is 0 Å². The van der Waals surface area contributed by atoms with Crippen LogP contribution in [-0.2, 0) is 12.6 Å². The summed E-state index contributed by atoms with van der Waals surface area (Å²) in [5.41, 5.74) is -1.01. The highest BCUT2D eigenvalue weighted by Crippen LogP contribution is 2.33. The highest BCUT2D eigenvalue weighted by Gasteiger charge is 2.34. The van der Waals surface area contributed by atoms with Gasteiger partial charge in [0.1, 0.15) is 0 Å². The van der Waals surface area contributed by atoms with Gasteiger partial charge in [-0.15, -0.1) is 0 Å². The van der Waals surface area contributed by atoms with Crippen LogP contribution in [-0.4, -0.2) is 5.78 Å². The lowest BCUT2D eigenvalue weighted by Crippen LogP contribution is -2.11. The molecule has 2 nitrogen and oxygen atoms in total. The minimum atomic E-state index is -4.58. The summed E-state index contributed by atoms with van der Waals surface area (Å²) in [7, 11) is 0. The van der Waals surface area contributed by atoms with E-state index in [-0.39, 0.29) is 11.3 Å². The number of rotatable bonds is 2. The minimum absolute atomic E-state index is 0.178. The van der Waals surface area contributed by atoms with E-state index in [9.17, 15) is 18.0 Å². The van der Waals surface area contributed by atoms with Crippen LogP contribution in [0.4, 0.5) is 13.2 Å². The minimum Gasteiger partial charge on any atom is -0.295 e. The average molecular weight is 241 g/mol. The summed E-state index contributed by atoms with van der Waals surface area (Å²) in [6.45, 7) is 2.93. The van der Waals surface area contributed by atoms with Gasteiger partial charge in [-0.05, 0) is 31.0 Å². The number of nitriles is 1. The highest BCUT2D eigenvalue weighted by atomic mass is 19.4. The lowest BCUT2D eigenvalue weighted by Gasteiger charge is -2.13. The molecule has 0 heterocycles. The van der Waals surface area contributed by atoms with Gasteiger partial charge in [-0.3, -0.25) is 4.79 Å². The van der Waals surface area contributed by atoms with Gasteiger partial charge in [0.05, 0.1) is 17.2 Å². The summed E-state index contributed by atoms with van der Waals surface area (Å²) in [5, 5.41) is 8.69. The van der Waals surface area contributed by atoms with E-state index in [4.69, 9.17) is 5.26 Å². The van der Waals surface area contributed by atoms with Crippen molar-refractivity contribution in [2.24, 2.45) is 0 Å². The second-order valence-corrected chi connectivity index (χ2v) is 3.57. The Morgan fingerprint density at radius 2 is 2.00 bits per heavy atom. The second-order valence-electron chi connectivity index (χ2n) is 3.57. The summed E-state index contributed by atoms with van der Waals surface area (Å²) >= 11 is 0. The fourth-order valence-electron chi connectivity index (χ4n) is 1.59. The fraction of sp³-hybridized carbons (Fsp3) is 0.333. The smallest absolute Gasteiger partial charge is 0.295 e. The molecule has 0 aromatic heterocycles. The van der Waals surface area contributed by atoms with Crippen LogP contribution in [0.25, 0.3) is 0 Å². The van der Waals surface area contributed by atoms with Crippen molar-refractivity contribution >= 4 is 5.78 Å². The fourth-order valence-corrected chi connectivity index (χ4v) is 1.59. The predicted octanol–water partition coefficient (Wildman–Crippen LogP) is 3.34. The maximum Gasteiger partial charge on any atom is 0.417 e. The van der Waals surface area contributed by atoms with E-state index in [1.165, 1.54) is 13.0 Å². The molecule has 0 aliphatic carbocycles. The van der Waals surface area contributed by atoms with Gasteiger partial charge in [-0.25, -0.2) is 0 Å². The molecular formula is C12H10F3NO. The zero-order valence-corrected chi connectivity index (χ0v) is 9.35. The standard InChI is InChI=1S/C12H10F3NO/c1-3-8-5-11(12(13,14)15)9(6-16)4-10(8)7(2)17/h4-5H,3H2,1-2H3. The molecule has 0 unspecified atom stereocenters. The van der Waals surface area contributed by atoms with Crippen LogP contribution in [0.1, 0.15) is 40.9 Å².